The van der Waals surface area contributed by atoms with Gasteiger partial charge in [0.15, 0.2) is 0 Å². The van der Waals surface area contributed by atoms with Gasteiger partial charge in [-0.1, -0.05) is 0 Å². The number of carbonyl (C=O) groups is 1. The maximum Gasteiger partial charge on any atom is 0.511 e. The van der Waals surface area contributed by atoms with Gasteiger partial charge in [0.1, 0.15) is 5.75 Å². The Labute approximate surface area is 73.9 Å². The molecule has 0 saturated heterocycles. The van der Waals surface area contributed by atoms with Crippen molar-refractivity contribution < 1.29 is 20.9 Å². The third-order valence-electron chi connectivity index (χ3n) is 1.18. The van der Waals surface area contributed by atoms with Crippen LogP contribution in [0.25, 0.3) is 0 Å². The number of nitro groups is 1. The summed E-state index contributed by atoms with van der Waals surface area (Å²) in [7, 11) is 0. The summed E-state index contributed by atoms with van der Waals surface area (Å²) in [4.78, 5) is 19.7. The fourth-order valence-electron chi connectivity index (χ4n) is 0.673. The summed E-state index contributed by atoms with van der Waals surface area (Å²) >= 11 is 0. The second-order valence-electron chi connectivity index (χ2n) is 2.04. The summed E-state index contributed by atoms with van der Waals surface area (Å²) in [5.41, 5.74) is -0.285. The third-order valence-corrected chi connectivity index (χ3v) is 1.18. The molecule has 0 aliphatic rings. The molecule has 0 bridgehead atoms. The van der Waals surface area contributed by atoms with Gasteiger partial charge in [0, 0.05) is 12.1 Å². The first-order valence-corrected chi connectivity index (χ1v) is 3.16. The Balaban J connectivity index is 3.01. The molecule has 0 fully saturated rings. The molecule has 0 aromatic heterocycles. The number of hydrogen-bond acceptors (Lipinski definition) is 4. The minimum atomic E-state index is -1.56. The molecule has 6 nitrogen and oxygen atoms in total. The van der Waals surface area contributed by atoms with Gasteiger partial charge in [-0.3, -0.25) is 10.1 Å². The van der Waals surface area contributed by atoms with Crippen molar-refractivity contribution in [2.24, 2.45) is 0 Å². The fraction of sp³-hybridized carbons (Fsp3) is 0. The zero-order valence-electron chi connectivity index (χ0n) is 7.26. The number of hydrogen-bond donors (Lipinski definition) is 1. The molecule has 0 aliphatic heterocycles. The van der Waals surface area contributed by atoms with Crippen LogP contribution in [0.15, 0.2) is 24.2 Å². The summed E-state index contributed by atoms with van der Waals surface area (Å²) < 4.78 is 11.4. The number of nitro benzene ring substituents is 1. The van der Waals surface area contributed by atoms with Crippen LogP contribution in [-0.4, -0.2) is 16.2 Å². The van der Waals surface area contributed by atoms with Crippen molar-refractivity contribution in [2.45, 2.75) is 0 Å². The molecule has 0 spiro atoms. The monoisotopic (exact) mass is 184 g/mol. The van der Waals surface area contributed by atoms with Crippen molar-refractivity contribution in [2.75, 3.05) is 0 Å². The van der Waals surface area contributed by atoms with E-state index < -0.39 is 11.1 Å². The number of nitrogens with zero attached hydrogens (tertiary/aromatic N) is 1. The number of non-ortho nitro benzene ring substituents is 1. The standard InChI is InChI=1S/C7H5NO5/c9-7(10)13-6-3-1-5(2-4-6)8(11)12/h1-4H,(H,9,10)/i3D. The molecule has 1 N–H and O–H groups in total. The van der Waals surface area contributed by atoms with Gasteiger partial charge >= 0.3 is 6.16 Å². The predicted octanol–water partition coefficient (Wildman–Crippen LogP) is 1.65. The summed E-state index contributed by atoms with van der Waals surface area (Å²) in [5, 5.41) is 18.5. The predicted molar refractivity (Wildman–Crippen MR) is 41.7 cm³/mol. The van der Waals surface area contributed by atoms with E-state index in [0.717, 1.165) is 18.2 Å². The molecule has 68 valence electrons. The summed E-state index contributed by atoms with van der Waals surface area (Å²) in [6.07, 6.45) is -1.56. The maximum atomic E-state index is 10.3. The highest BCUT2D eigenvalue weighted by Crippen LogP contribution is 2.17. The quantitative estimate of drug-likeness (QED) is 0.326. The highest BCUT2D eigenvalue weighted by Gasteiger charge is 2.05. The number of carboxylic acid groups (broad SMARTS) is 1. The zero-order chi connectivity index (χ0) is 10.7. The molecule has 0 amide bonds. The van der Waals surface area contributed by atoms with Crippen molar-refractivity contribution in [3.8, 4) is 5.75 Å². The second-order valence-corrected chi connectivity index (χ2v) is 2.04. The second kappa shape index (κ2) is 3.53. The Morgan fingerprint density at radius 3 is 2.77 bits per heavy atom. The van der Waals surface area contributed by atoms with Gasteiger partial charge in [-0.15, -0.1) is 0 Å². The van der Waals surface area contributed by atoms with Gasteiger partial charge in [0.25, 0.3) is 5.69 Å². The molecule has 0 aliphatic carbocycles. The molecule has 0 atom stereocenters. The average Bonchev–Trinajstić information content (AvgIpc) is 2.07. The van der Waals surface area contributed by atoms with Gasteiger partial charge < -0.3 is 9.84 Å². The first-order valence-electron chi connectivity index (χ1n) is 3.66. The van der Waals surface area contributed by atoms with Crippen molar-refractivity contribution >= 4 is 11.8 Å². The zero-order valence-corrected chi connectivity index (χ0v) is 6.26. The molecule has 1 rings (SSSR count). The van der Waals surface area contributed by atoms with Crippen molar-refractivity contribution in [1.29, 1.82) is 0 Å². The minimum absolute atomic E-state index is 0.233. The van der Waals surface area contributed by atoms with Crippen LogP contribution in [0.5, 0.6) is 5.75 Å². The Bertz CT molecular complexity index is 392. The van der Waals surface area contributed by atoms with E-state index in [1.165, 1.54) is 0 Å². The molecule has 1 aromatic carbocycles. The molecule has 0 heterocycles. The highest BCUT2D eigenvalue weighted by atomic mass is 16.7. The van der Waals surface area contributed by atoms with Crippen LogP contribution in [0.4, 0.5) is 10.5 Å². The molecule has 0 radical (unpaired) electrons. The van der Waals surface area contributed by atoms with Crippen LogP contribution in [0.3, 0.4) is 0 Å². The Morgan fingerprint density at radius 1 is 1.62 bits per heavy atom. The van der Waals surface area contributed by atoms with Gasteiger partial charge in [-0.2, -0.15) is 0 Å². The minimum Gasteiger partial charge on any atom is -0.449 e. The highest BCUT2D eigenvalue weighted by molar-refractivity contribution is 5.61. The summed E-state index contributed by atoms with van der Waals surface area (Å²) in [5.74, 6) is -0.233. The van der Waals surface area contributed by atoms with Crippen LogP contribution < -0.4 is 4.74 Å². The van der Waals surface area contributed by atoms with Crippen LogP contribution in [0, 0.1) is 10.1 Å². The first kappa shape index (κ1) is 7.53. The van der Waals surface area contributed by atoms with Gasteiger partial charge in [-0.25, -0.2) is 4.79 Å². The largest absolute Gasteiger partial charge is 0.511 e. The lowest BCUT2D eigenvalue weighted by Crippen LogP contribution is -2.02. The van der Waals surface area contributed by atoms with E-state index in [1.54, 1.807) is 0 Å². The number of benzene rings is 1. The topological polar surface area (TPSA) is 89.7 Å². The Morgan fingerprint density at radius 2 is 2.31 bits per heavy atom. The van der Waals surface area contributed by atoms with Gasteiger partial charge in [-0.05, 0) is 12.1 Å². The van der Waals surface area contributed by atoms with Crippen LogP contribution in [0.2, 0.25) is 0 Å². The molecule has 0 saturated carbocycles. The normalized spacial score (nSPS) is 10.3. The van der Waals surface area contributed by atoms with Crippen molar-refractivity contribution in [3.63, 3.8) is 0 Å². The van der Waals surface area contributed by atoms with E-state index in [0.29, 0.717) is 0 Å². The van der Waals surface area contributed by atoms with E-state index in [1.807, 2.05) is 0 Å². The SMILES string of the molecule is [2H]c1cc([N+](=O)[O-])ccc1OC(=O)O. The smallest absolute Gasteiger partial charge is 0.449 e. The lowest BCUT2D eigenvalue weighted by molar-refractivity contribution is -0.384. The fourth-order valence-corrected chi connectivity index (χ4v) is 0.673. The van der Waals surface area contributed by atoms with Crippen LogP contribution >= 0.6 is 0 Å². The molecular formula is C7H5NO5. The molecule has 6 heteroatoms. The van der Waals surface area contributed by atoms with E-state index in [2.05, 4.69) is 4.74 Å². The number of ether oxygens (including phenoxy) is 1. The molecular weight excluding hydrogens is 178 g/mol. The summed E-state index contributed by atoms with van der Waals surface area (Å²) in [6.45, 7) is 0. The lowest BCUT2D eigenvalue weighted by atomic mass is 10.3. The van der Waals surface area contributed by atoms with Crippen molar-refractivity contribution in [3.05, 3.63) is 34.4 Å². The first-order chi connectivity index (χ1) is 6.50. The van der Waals surface area contributed by atoms with E-state index in [9.17, 15) is 14.9 Å². The number of rotatable bonds is 2. The third kappa shape index (κ3) is 2.44. The molecule has 1 aromatic rings. The molecule has 0 unspecified atom stereocenters. The average molecular weight is 184 g/mol. The van der Waals surface area contributed by atoms with Crippen LogP contribution in [-0.2, 0) is 0 Å². The van der Waals surface area contributed by atoms with Crippen molar-refractivity contribution in [1.82, 2.24) is 0 Å². The summed E-state index contributed by atoms with van der Waals surface area (Å²) in [6, 6.07) is 2.70. The lowest BCUT2D eigenvalue weighted by Gasteiger charge is -1.97. The van der Waals surface area contributed by atoms with E-state index in [-0.39, 0.29) is 17.5 Å². The van der Waals surface area contributed by atoms with E-state index >= 15 is 0 Å². The van der Waals surface area contributed by atoms with Gasteiger partial charge in [0.2, 0.25) is 0 Å². The molecule has 13 heavy (non-hydrogen) atoms. The maximum absolute atomic E-state index is 10.3. The van der Waals surface area contributed by atoms with Crippen LogP contribution in [0.1, 0.15) is 1.37 Å². The van der Waals surface area contributed by atoms with E-state index in [4.69, 9.17) is 6.48 Å². The Kier molecular flexibility index (Phi) is 2.04. The van der Waals surface area contributed by atoms with Gasteiger partial charge in [0.05, 0.1) is 6.29 Å². The Hall–Kier alpha value is -2.11.